The monoisotopic (exact) mass is 246 g/mol. The Morgan fingerprint density at radius 3 is 2.29 bits per heavy atom. The van der Waals surface area contributed by atoms with Crippen molar-refractivity contribution in [2.75, 3.05) is 6.54 Å². The summed E-state index contributed by atoms with van der Waals surface area (Å²) in [6, 6.07) is -0.366. The number of nitrogens with two attached hydrogens (primary N) is 1. The number of aliphatic hydroxyl groups is 1. The van der Waals surface area contributed by atoms with Gasteiger partial charge in [0.05, 0.1) is 12.1 Å². The Bertz CT molecular complexity index is 236. The molecule has 5 nitrogen and oxygen atoms in total. The number of nitrogens with one attached hydrogen (secondary N) is 1. The minimum atomic E-state index is -0.745. The van der Waals surface area contributed by atoms with E-state index >= 15 is 0 Å². The van der Waals surface area contributed by atoms with Crippen molar-refractivity contribution in [3.63, 3.8) is 0 Å². The van der Waals surface area contributed by atoms with Crippen molar-refractivity contribution in [3.05, 3.63) is 0 Å². The quantitative estimate of drug-likeness (QED) is 0.681. The summed E-state index contributed by atoms with van der Waals surface area (Å²) in [6.45, 7) is 9.55. The maximum absolute atomic E-state index is 11.6. The molecule has 0 aliphatic heterocycles. The molecule has 102 valence electrons. The molecule has 0 bridgehead atoms. The third kappa shape index (κ3) is 7.99. The van der Waals surface area contributed by atoms with Crippen LogP contribution in [0.1, 0.15) is 41.0 Å². The highest BCUT2D eigenvalue weighted by molar-refractivity contribution is 5.68. The zero-order chi connectivity index (χ0) is 13.6. The molecule has 0 saturated carbocycles. The summed E-state index contributed by atoms with van der Waals surface area (Å²) in [6.07, 6.45) is -0.599. The van der Waals surface area contributed by atoms with Crippen LogP contribution < -0.4 is 11.1 Å². The van der Waals surface area contributed by atoms with Gasteiger partial charge in [0.1, 0.15) is 5.60 Å². The van der Waals surface area contributed by atoms with E-state index in [-0.39, 0.29) is 12.6 Å². The lowest BCUT2D eigenvalue weighted by Crippen LogP contribution is -2.48. The highest BCUT2D eigenvalue weighted by Crippen LogP contribution is 2.11. The van der Waals surface area contributed by atoms with E-state index in [4.69, 9.17) is 10.5 Å². The first kappa shape index (κ1) is 16.2. The van der Waals surface area contributed by atoms with Gasteiger partial charge < -0.3 is 20.9 Å². The second-order valence-electron chi connectivity index (χ2n) is 5.69. The Morgan fingerprint density at radius 2 is 1.94 bits per heavy atom. The summed E-state index contributed by atoms with van der Waals surface area (Å²) in [5, 5.41) is 12.4. The summed E-state index contributed by atoms with van der Waals surface area (Å²) in [5.74, 6) is 0.358. The van der Waals surface area contributed by atoms with E-state index < -0.39 is 17.8 Å². The predicted octanol–water partition coefficient (Wildman–Crippen LogP) is 1.25. The van der Waals surface area contributed by atoms with Crippen LogP contribution in [0.25, 0.3) is 0 Å². The first-order valence-electron chi connectivity index (χ1n) is 6.03. The molecule has 5 heteroatoms. The van der Waals surface area contributed by atoms with Crippen LogP contribution in [-0.2, 0) is 4.74 Å². The summed E-state index contributed by atoms with van der Waals surface area (Å²) < 4.78 is 5.14. The van der Waals surface area contributed by atoms with Gasteiger partial charge in [-0.1, -0.05) is 13.8 Å². The van der Waals surface area contributed by atoms with Crippen LogP contribution in [0.15, 0.2) is 0 Å². The Hall–Kier alpha value is -0.810. The lowest BCUT2D eigenvalue weighted by atomic mass is 9.99. The zero-order valence-electron chi connectivity index (χ0n) is 11.5. The molecule has 0 rings (SSSR count). The number of hydrogen-bond donors (Lipinski definition) is 3. The third-order valence-electron chi connectivity index (χ3n) is 2.13. The molecule has 0 heterocycles. The molecule has 0 unspecified atom stereocenters. The van der Waals surface area contributed by atoms with E-state index in [1.165, 1.54) is 0 Å². The predicted molar refractivity (Wildman–Crippen MR) is 67.7 cm³/mol. The van der Waals surface area contributed by atoms with Crippen molar-refractivity contribution in [2.24, 2.45) is 11.7 Å². The first-order chi connectivity index (χ1) is 7.65. The molecule has 4 N–H and O–H groups in total. The first-order valence-corrected chi connectivity index (χ1v) is 6.03. The second-order valence-corrected chi connectivity index (χ2v) is 5.69. The lowest BCUT2D eigenvalue weighted by Gasteiger charge is -2.27. The number of aliphatic hydroxyl groups excluding tert-OH is 1. The van der Waals surface area contributed by atoms with Crippen molar-refractivity contribution in [3.8, 4) is 0 Å². The van der Waals surface area contributed by atoms with Crippen LogP contribution in [0.2, 0.25) is 0 Å². The van der Waals surface area contributed by atoms with Gasteiger partial charge in [0.25, 0.3) is 0 Å². The van der Waals surface area contributed by atoms with E-state index in [1.807, 2.05) is 13.8 Å². The fraction of sp³-hybridized carbons (Fsp3) is 0.917. The fourth-order valence-electron chi connectivity index (χ4n) is 1.44. The highest BCUT2D eigenvalue weighted by Gasteiger charge is 2.24. The molecule has 0 radical (unpaired) electrons. The van der Waals surface area contributed by atoms with Gasteiger partial charge in [0, 0.05) is 6.54 Å². The summed E-state index contributed by atoms with van der Waals surface area (Å²) in [7, 11) is 0. The van der Waals surface area contributed by atoms with Gasteiger partial charge in [-0.25, -0.2) is 4.79 Å². The fourth-order valence-corrected chi connectivity index (χ4v) is 1.44. The van der Waals surface area contributed by atoms with Crippen molar-refractivity contribution < 1.29 is 14.6 Å². The average molecular weight is 246 g/mol. The SMILES string of the molecule is CC(C)C[C@H](NC(=O)OC(C)(C)C)[C@@H](O)CN. The molecule has 17 heavy (non-hydrogen) atoms. The van der Waals surface area contributed by atoms with E-state index in [1.54, 1.807) is 20.8 Å². The highest BCUT2D eigenvalue weighted by atomic mass is 16.6. The molecule has 0 saturated heterocycles. The topological polar surface area (TPSA) is 84.6 Å². The molecule has 0 aromatic heterocycles. The molecule has 1 amide bonds. The smallest absolute Gasteiger partial charge is 0.407 e. The number of carbonyl (C=O) groups is 1. The molecular weight excluding hydrogens is 220 g/mol. The van der Waals surface area contributed by atoms with Gasteiger partial charge in [-0.2, -0.15) is 0 Å². The van der Waals surface area contributed by atoms with Crippen molar-refractivity contribution in [2.45, 2.75) is 58.8 Å². The van der Waals surface area contributed by atoms with Gasteiger partial charge in [0.15, 0.2) is 0 Å². The molecule has 2 atom stereocenters. The number of alkyl carbamates (subject to hydrolysis) is 1. The summed E-state index contributed by atoms with van der Waals surface area (Å²) >= 11 is 0. The summed E-state index contributed by atoms with van der Waals surface area (Å²) in [4.78, 5) is 11.6. The Kier molecular flexibility index (Phi) is 6.49. The third-order valence-corrected chi connectivity index (χ3v) is 2.13. The molecule has 0 aliphatic rings. The maximum Gasteiger partial charge on any atom is 0.407 e. The maximum atomic E-state index is 11.6. The van der Waals surface area contributed by atoms with E-state index in [9.17, 15) is 9.90 Å². The van der Waals surface area contributed by atoms with Crippen LogP contribution in [0, 0.1) is 5.92 Å². The zero-order valence-corrected chi connectivity index (χ0v) is 11.5. The van der Waals surface area contributed by atoms with Gasteiger partial charge in [-0.3, -0.25) is 0 Å². The number of hydrogen-bond acceptors (Lipinski definition) is 4. The Balaban J connectivity index is 4.37. The van der Waals surface area contributed by atoms with Gasteiger partial charge in [-0.15, -0.1) is 0 Å². The number of carbonyl (C=O) groups excluding carboxylic acids is 1. The van der Waals surface area contributed by atoms with Crippen molar-refractivity contribution >= 4 is 6.09 Å². The normalized spacial score (nSPS) is 15.5. The van der Waals surface area contributed by atoms with E-state index in [2.05, 4.69) is 5.32 Å². The lowest BCUT2D eigenvalue weighted by molar-refractivity contribution is 0.0413. The molecule has 0 fully saturated rings. The Labute approximate surface area is 104 Å². The van der Waals surface area contributed by atoms with Crippen molar-refractivity contribution in [1.82, 2.24) is 5.32 Å². The minimum absolute atomic E-state index is 0.118. The molecule has 0 aromatic rings. The molecule has 0 spiro atoms. The van der Waals surface area contributed by atoms with Crippen LogP contribution in [0.4, 0.5) is 4.79 Å². The Morgan fingerprint density at radius 1 is 1.41 bits per heavy atom. The molecule has 0 aliphatic carbocycles. The average Bonchev–Trinajstić information content (AvgIpc) is 2.11. The molecule has 0 aromatic carbocycles. The van der Waals surface area contributed by atoms with Crippen LogP contribution in [-0.4, -0.2) is 35.5 Å². The number of amides is 1. The van der Waals surface area contributed by atoms with E-state index in [0.717, 1.165) is 0 Å². The molecular formula is C12H26N2O3. The number of ether oxygens (including phenoxy) is 1. The summed E-state index contributed by atoms with van der Waals surface area (Å²) in [5.41, 5.74) is 4.87. The van der Waals surface area contributed by atoms with Crippen LogP contribution >= 0.6 is 0 Å². The second kappa shape index (κ2) is 6.81. The standard InChI is InChI=1S/C12H26N2O3/c1-8(2)6-9(10(15)7-13)14-11(16)17-12(3,4)5/h8-10,15H,6-7,13H2,1-5H3,(H,14,16)/t9-,10-/m0/s1. The van der Waals surface area contributed by atoms with Gasteiger partial charge in [-0.05, 0) is 33.1 Å². The van der Waals surface area contributed by atoms with Crippen LogP contribution in [0.3, 0.4) is 0 Å². The largest absolute Gasteiger partial charge is 0.444 e. The van der Waals surface area contributed by atoms with Crippen molar-refractivity contribution in [1.29, 1.82) is 0 Å². The minimum Gasteiger partial charge on any atom is -0.444 e. The van der Waals surface area contributed by atoms with Crippen LogP contribution in [0.5, 0.6) is 0 Å². The number of rotatable bonds is 5. The van der Waals surface area contributed by atoms with Gasteiger partial charge in [0.2, 0.25) is 0 Å². The van der Waals surface area contributed by atoms with E-state index in [0.29, 0.717) is 12.3 Å². The van der Waals surface area contributed by atoms with Gasteiger partial charge >= 0.3 is 6.09 Å².